The van der Waals surface area contributed by atoms with Crippen molar-refractivity contribution in [1.29, 1.82) is 0 Å². The first kappa shape index (κ1) is 80.2. The number of allylic oxidation sites excluding steroid dienone is 5. The maximum atomic E-state index is 13.6. The fraction of sp³-hybridized carbons (Fsp3) is 0.889. The molecule has 0 radical (unpaired) electrons. The Morgan fingerprint density at radius 1 is 0.415 bits per heavy atom. The Labute approximate surface area is 510 Å². The van der Waals surface area contributed by atoms with Crippen molar-refractivity contribution in [3.8, 4) is 0 Å². The van der Waals surface area contributed by atoms with Gasteiger partial charge in [0.1, 0.15) is 19.3 Å². The van der Waals surface area contributed by atoms with Crippen LogP contribution in [0.15, 0.2) is 36.5 Å². The van der Waals surface area contributed by atoms with Crippen LogP contribution in [0.2, 0.25) is 0 Å². The zero-order chi connectivity index (χ0) is 60.0. The molecule has 0 bridgehead atoms. The van der Waals surface area contributed by atoms with Gasteiger partial charge in [0.2, 0.25) is 5.91 Å². The van der Waals surface area contributed by atoms with E-state index in [4.69, 9.17) is 13.8 Å². The predicted molar refractivity (Wildman–Crippen MR) is 353 cm³/mol. The zero-order valence-corrected chi connectivity index (χ0v) is 56.4. The average Bonchev–Trinajstić information content (AvgIpc) is 3.44. The Hall–Kier alpha value is -1.77. The van der Waals surface area contributed by atoms with Gasteiger partial charge in [0, 0.05) is 12.8 Å². The highest BCUT2D eigenvalue weighted by atomic mass is 31.2. The number of nitrogens with zero attached hydrogens (tertiary/aromatic N) is 1. The van der Waals surface area contributed by atoms with Crippen LogP contribution in [0, 0.1) is 0 Å². The molecule has 0 saturated carbocycles. The first-order chi connectivity index (χ1) is 39.9. The zero-order valence-electron chi connectivity index (χ0n) is 55.5. The summed E-state index contributed by atoms with van der Waals surface area (Å²) in [6.07, 6.45) is 76.9. The van der Waals surface area contributed by atoms with Crippen LogP contribution in [0.1, 0.15) is 361 Å². The molecular formula is C72H139N2O7P. The standard InChI is InChI=1S/C72H139N2O7P/c1-7-10-13-16-19-22-25-28-30-32-34-36-37-39-41-43-45-47-50-53-56-59-62-65-72(76)81-70(63-60-57-54-51-48-27-24-21-18-15-12-9-3)69(68-80-82(77,78)79-67-66-74(4,5)6)73-71(75)64-61-58-55-52-49-46-44-42-40-38-35-33-31-29-26-23-20-17-14-11-8-2/h28-31,60,63,69-70H,7-27,32-59,61-62,64-68H2,1-6H3,(H-,73,75,77,78)/b30-28+,31-29+,63-60+. The van der Waals surface area contributed by atoms with Crippen molar-refractivity contribution < 1.29 is 37.3 Å². The van der Waals surface area contributed by atoms with Crippen LogP contribution < -0.4 is 10.2 Å². The Bertz CT molecular complexity index is 1500. The summed E-state index contributed by atoms with van der Waals surface area (Å²) in [5, 5.41) is 3.05. The number of phosphoric ester groups is 1. The molecule has 3 atom stereocenters. The molecule has 0 heterocycles. The minimum Gasteiger partial charge on any atom is -0.756 e. The summed E-state index contributed by atoms with van der Waals surface area (Å²) in [6, 6.07) is -0.886. The number of nitrogens with one attached hydrogen (secondary N) is 1. The lowest BCUT2D eigenvalue weighted by molar-refractivity contribution is -0.870. The molecule has 0 saturated heterocycles. The summed E-state index contributed by atoms with van der Waals surface area (Å²) in [6.45, 7) is 6.89. The van der Waals surface area contributed by atoms with Crippen LogP contribution in [-0.2, 0) is 27.9 Å². The molecule has 0 aliphatic heterocycles. The van der Waals surface area contributed by atoms with E-state index in [9.17, 15) is 19.0 Å². The quantitative estimate of drug-likeness (QED) is 0.0212. The van der Waals surface area contributed by atoms with Gasteiger partial charge in [-0.2, -0.15) is 0 Å². The van der Waals surface area contributed by atoms with Crippen molar-refractivity contribution in [2.45, 2.75) is 373 Å². The molecule has 3 unspecified atom stereocenters. The third-order valence-electron chi connectivity index (χ3n) is 16.3. The monoisotopic (exact) mass is 1180 g/mol. The lowest BCUT2D eigenvalue weighted by Crippen LogP contribution is -2.47. The van der Waals surface area contributed by atoms with E-state index in [-0.39, 0.29) is 31.5 Å². The molecule has 0 fully saturated rings. The van der Waals surface area contributed by atoms with E-state index >= 15 is 0 Å². The van der Waals surface area contributed by atoms with Crippen molar-refractivity contribution in [2.24, 2.45) is 0 Å². The van der Waals surface area contributed by atoms with Crippen molar-refractivity contribution in [3.63, 3.8) is 0 Å². The summed E-state index contributed by atoms with van der Waals surface area (Å²) in [5.41, 5.74) is 0. The van der Waals surface area contributed by atoms with Gasteiger partial charge in [0.05, 0.1) is 33.8 Å². The number of esters is 1. The number of quaternary nitrogens is 1. The number of amides is 1. The van der Waals surface area contributed by atoms with E-state index in [2.05, 4.69) is 50.4 Å². The summed E-state index contributed by atoms with van der Waals surface area (Å²) in [5.74, 6) is -0.524. The summed E-state index contributed by atoms with van der Waals surface area (Å²) < 4.78 is 30.5. The Morgan fingerprint density at radius 2 is 0.707 bits per heavy atom. The third kappa shape index (κ3) is 62.8. The number of phosphoric acid groups is 1. The van der Waals surface area contributed by atoms with Gasteiger partial charge in [0.25, 0.3) is 7.82 Å². The number of unbranched alkanes of at least 4 members (excludes halogenated alkanes) is 46. The molecule has 9 nitrogen and oxygen atoms in total. The molecule has 484 valence electrons. The molecule has 82 heavy (non-hydrogen) atoms. The van der Waals surface area contributed by atoms with Crippen molar-refractivity contribution in [2.75, 3.05) is 40.9 Å². The van der Waals surface area contributed by atoms with E-state index in [1.165, 1.54) is 270 Å². The van der Waals surface area contributed by atoms with E-state index in [0.717, 1.165) is 57.8 Å². The van der Waals surface area contributed by atoms with Crippen LogP contribution in [0.25, 0.3) is 0 Å². The highest BCUT2D eigenvalue weighted by Crippen LogP contribution is 2.38. The first-order valence-electron chi connectivity index (χ1n) is 35.8. The molecule has 0 aromatic carbocycles. The van der Waals surface area contributed by atoms with Crippen molar-refractivity contribution in [3.05, 3.63) is 36.5 Å². The molecule has 0 aliphatic carbocycles. The van der Waals surface area contributed by atoms with Gasteiger partial charge in [-0.3, -0.25) is 14.2 Å². The molecular weight excluding hydrogens is 1040 g/mol. The third-order valence-corrected chi connectivity index (χ3v) is 17.3. The molecule has 0 aliphatic rings. The lowest BCUT2D eigenvalue weighted by Gasteiger charge is -2.30. The highest BCUT2D eigenvalue weighted by molar-refractivity contribution is 7.45. The van der Waals surface area contributed by atoms with Gasteiger partial charge < -0.3 is 28.5 Å². The number of ether oxygens (including phenoxy) is 1. The van der Waals surface area contributed by atoms with Gasteiger partial charge in [-0.1, -0.05) is 302 Å². The number of carbonyl (C=O) groups is 2. The Morgan fingerprint density at radius 3 is 1.04 bits per heavy atom. The van der Waals surface area contributed by atoms with Gasteiger partial charge in [-0.05, 0) is 83.1 Å². The maximum absolute atomic E-state index is 13.6. The van der Waals surface area contributed by atoms with E-state index in [0.29, 0.717) is 17.4 Å². The number of rotatable bonds is 66. The minimum absolute atomic E-state index is 0.0199. The number of likely N-dealkylation sites (N-methyl/N-ethyl adjacent to an activating group) is 1. The SMILES string of the molecule is CCCCCCCC/C=C/CCCCCCCCCCCCCCCC(=O)OC(/C=C/CCCCCCCCCCCC)C(COP(=O)([O-])OCC[N+](C)(C)C)NC(=O)CCCCCCCCCCCCC/C=C/CCCCCCCC. The van der Waals surface area contributed by atoms with Crippen molar-refractivity contribution in [1.82, 2.24) is 5.32 Å². The van der Waals surface area contributed by atoms with Gasteiger partial charge in [-0.25, -0.2) is 0 Å². The van der Waals surface area contributed by atoms with Crippen LogP contribution in [-0.4, -0.2) is 69.4 Å². The highest BCUT2D eigenvalue weighted by Gasteiger charge is 2.27. The number of carbonyl (C=O) groups excluding carboxylic acids is 2. The largest absolute Gasteiger partial charge is 0.756 e. The Balaban J connectivity index is 5.05. The van der Waals surface area contributed by atoms with E-state index < -0.39 is 20.0 Å². The second kappa shape index (κ2) is 62.3. The fourth-order valence-corrected chi connectivity index (χ4v) is 11.5. The van der Waals surface area contributed by atoms with Crippen LogP contribution in [0.5, 0.6) is 0 Å². The van der Waals surface area contributed by atoms with E-state index in [1.807, 2.05) is 33.3 Å². The predicted octanol–water partition coefficient (Wildman–Crippen LogP) is 22.0. The molecule has 1 N–H and O–H groups in total. The van der Waals surface area contributed by atoms with Crippen LogP contribution in [0.4, 0.5) is 0 Å². The molecule has 0 spiro atoms. The second-order valence-electron chi connectivity index (χ2n) is 25.7. The summed E-state index contributed by atoms with van der Waals surface area (Å²) in [4.78, 5) is 40.2. The normalized spacial score (nSPS) is 13.7. The smallest absolute Gasteiger partial charge is 0.306 e. The van der Waals surface area contributed by atoms with Gasteiger partial charge in [0.15, 0.2) is 0 Å². The molecule has 1 amide bonds. The molecule has 10 heteroatoms. The van der Waals surface area contributed by atoms with Crippen LogP contribution >= 0.6 is 7.82 Å². The number of hydrogen-bond donors (Lipinski definition) is 1. The first-order valence-corrected chi connectivity index (χ1v) is 37.3. The average molecular weight is 1180 g/mol. The molecule has 0 rings (SSSR count). The molecule has 0 aromatic rings. The van der Waals surface area contributed by atoms with E-state index in [1.54, 1.807) is 0 Å². The van der Waals surface area contributed by atoms with Crippen LogP contribution in [0.3, 0.4) is 0 Å². The Kier molecular flexibility index (Phi) is 60.9. The van der Waals surface area contributed by atoms with Gasteiger partial charge in [-0.15, -0.1) is 0 Å². The summed E-state index contributed by atoms with van der Waals surface area (Å²) >= 11 is 0. The fourth-order valence-electron chi connectivity index (χ4n) is 10.8. The molecule has 0 aromatic heterocycles. The van der Waals surface area contributed by atoms with Gasteiger partial charge >= 0.3 is 5.97 Å². The second-order valence-corrected chi connectivity index (χ2v) is 27.1. The maximum Gasteiger partial charge on any atom is 0.306 e. The lowest BCUT2D eigenvalue weighted by atomic mass is 10.0. The van der Waals surface area contributed by atoms with Crippen molar-refractivity contribution >= 4 is 19.7 Å². The summed E-state index contributed by atoms with van der Waals surface area (Å²) in [7, 11) is 1.20. The number of hydrogen-bond acceptors (Lipinski definition) is 7. The topological polar surface area (TPSA) is 114 Å². The minimum atomic E-state index is -4.70.